The van der Waals surface area contributed by atoms with Gasteiger partial charge in [0, 0.05) is 18.9 Å². The zero-order valence-corrected chi connectivity index (χ0v) is 11.7. The summed E-state index contributed by atoms with van der Waals surface area (Å²) in [5, 5.41) is 7.20. The summed E-state index contributed by atoms with van der Waals surface area (Å²) in [5.41, 5.74) is 7.09. The predicted octanol–water partition coefficient (Wildman–Crippen LogP) is 2.02. The molecule has 20 heavy (non-hydrogen) atoms. The molecule has 0 saturated carbocycles. The third-order valence-electron chi connectivity index (χ3n) is 2.68. The van der Waals surface area contributed by atoms with Gasteiger partial charge < -0.3 is 15.8 Å². The maximum absolute atomic E-state index is 12.0. The van der Waals surface area contributed by atoms with Gasteiger partial charge in [-0.05, 0) is 18.2 Å². The Morgan fingerprint density at radius 1 is 1.55 bits per heavy atom. The lowest BCUT2D eigenvalue weighted by Gasteiger charge is -2.04. The van der Waals surface area contributed by atoms with Crippen LogP contribution in [0.3, 0.4) is 0 Å². The molecule has 1 aromatic heterocycles. The van der Waals surface area contributed by atoms with Gasteiger partial charge in [-0.3, -0.25) is 9.48 Å². The van der Waals surface area contributed by atoms with Gasteiger partial charge >= 0.3 is 0 Å². The number of nitrogen functional groups attached to an aromatic ring is 1. The number of nitrogens with two attached hydrogens (primary N) is 1. The summed E-state index contributed by atoms with van der Waals surface area (Å²) < 4.78 is 6.64. The van der Waals surface area contributed by atoms with Gasteiger partial charge in [-0.15, -0.1) is 0 Å². The number of carbonyl (C=O) groups is 1. The second-order valence-corrected chi connectivity index (χ2v) is 4.58. The fourth-order valence-corrected chi connectivity index (χ4v) is 1.79. The molecule has 0 radical (unpaired) electrons. The first kappa shape index (κ1) is 14.4. The summed E-state index contributed by atoms with van der Waals surface area (Å²) in [6.07, 6.45) is 3.31. The molecule has 0 aliphatic carbocycles. The monoisotopic (exact) mass is 294 g/mol. The van der Waals surface area contributed by atoms with E-state index in [1.165, 1.54) is 6.07 Å². The van der Waals surface area contributed by atoms with E-state index in [1.54, 1.807) is 36.3 Å². The lowest BCUT2D eigenvalue weighted by Crippen LogP contribution is -2.11. The summed E-state index contributed by atoms with van der Waals surface area (Å²) in [6.45, 7) is 1.18. The van der Waals surface area contributed by atoms with Gasteiger partial charge in [0.25, 0.3) is 5.91 Å². The fraction of sp³-hybridized carbons (Fsp3) is 0.231. The minimum Gasteiger partial charge on any atom is -0.398 e. The Balaban J connectivity index is 2.03. The van der Waals surface area contributed by atoms with Crippen LogP contribution in [-0.4, -0.2) is 29.4 Å². The smallest absolute Gasteiger partial charge is 0.255 e. The van der Waals surface area contributed by atoms with E-state index in [1.807, 2.05) is 0 Å². The SMILES string of the molecule is COCCn1cc(NC(=O)c2ccc(N)c(Cl)c2)cn1. The molecular weight excluding hydrogens is 280 g/mol. The van der Waals surface area contributed by atoms with Gasteiger partial charge in [-0.25, -0.2) is 0 Å². The van der Waals surface area contributed by atoms with Crippen LogP contribution in [0.5, 0.6) is 0 Å². The quantitative estimate of drug-likeness (QED) is 0.827. The summed E-state index contributed by atoms with van der Waals surface area (Å²) in [6, 6.07) is 4.74. The molecule has 2 rings (SSSR count). The maximum atomic E-state index is 12.0. The summed E-state index contributed by atoms with van der Waals surface area (Å²) in [7, 11) is 1.62. The van der Waals surface area contributed by atoms with E-state index in [0.29, 0.717) is 35.1 Å². The molecule has 0 aliphatic heterocycles. The molecule has 3 N–H and O–H groups in total. The lowest BCUT2D eigenvalue weighted by atomic mass is 10.2. The molecule has 6 nitrogen and oxygen atoms in total. The first-order valence-corrected chi connectivity index (χ1v) is 6.35. The van der Waals surface area contributed by atoms with E-state index < -0.39 is 0 Å². The number of methoxy groups -OCH3 is 1. The molecular formula is C13H15ClN4O2. The van der Waals surface area contributed by atoms with Gasteiger partial charge in [0.15, 0.2) is 0 Å². The summed E-state index contributed by atoms with van der Waals surface area (Å²) >= 11 is 5.89. The molecule has 106 valence electrons. The number of benzene rings is 1. The first-order chi connectivity index (χ1) is 9.60. The second-order valence-electron chi connectivity index (χ2n) is 4.18. The fourth-order valence-electron chi connectivity index (χ4n) is 1.61. The van der Waals surface area contributed by atoms with E-state index in [9.17, 15) is 4.79 Å². The average molecular weight is 295 g/mol. The van der Waals surface area contributed by atoms with Crippen LogP contribution in [0.2, 0.25) is 5.02 Å². The third-order valence-corrected chi connectivity index (χ3v) is 3.01. The molecule has 2 aromatic rings. The Bertz CT molecular complexity index is 612. The molecule has 0 saturated heterocycles. The van der Waals surface area contributed by atoms with E-state index in [-0.39, 0.29) is 5.91 Å². The van der Waals surface area contributed by atoms with Crippen LogP contribution in [0.1, 0.15) is 10.4 Å². The van der Waals surface area contributed by atoms with E-state index in [2.05, 4.69) is 10.4 Å². The molecule has 0 spiro atoms. The second kappa shape index (κ2) is 6.40. The van der Waals surface area contributed by atoms with Crippen molar-refractivity contribution in [2.45, 2.75) is 6.54 Å². The van der Waals surface area contributed by atoms with E-state index in [0.717, 1.165) is 0 Å². The molecule has 0 aliphatic rings. The first-order valence-electron chi connectivity index (χ1n) is 5.98. The van der Waals surface area contributed by atoms with Gasteiger partial charge in [0.2, 0.25) is 0 Å². The molecule has 0 unspecified atom stereocenters. The van der Waals surface area contributed by atoms with Crippen LogP contribution in [0.25, 0.3) is 0 Å². The van der Waals surface area contributed by atoms with E-state index >= 15 is 0 Å². The van der Waals surface area contributed by atoms with Crippen LogP contribution in [0, 0.1) is 0 Å². The van der Waals surface area contributed by atoms with Crippen molar-refractivity contribution in [3.8, 4) is 0 Å². The average Bonchev–Trinajstić information content (AvgIpc) is 2.87. The largest absolute Gasteiger partial charge is 0.398 e. The van der Waals surface area contributed by atoms with Crippen molar-refractivity contribution in [3.05, 3.63) is 41.2 Å². The molecule has 1 aromatic carbocycles. The van der Waals surface area contributed by atoms with Crippen molar-refractivity contribution in [3.63, 3.8) is 0 Å². The van der Waals surface area contributed by atoms with Crippen molar-refractivity contribution in [1.29, 1.82) is 0 Å². The van der Waals surface area contributed by atoms with Crippen molar-refractivity contribution >= 4 is 28.9 Å². The van der Waals surface area contributed by atoms with E-state index in [4.69, 9.17) is 22.1 Å². The molecule has 1 amide bonds. The number of hydrogen-bond acceptors (Lipinski definition) is 4. The molecule has 0 fully saturated rings. The predicted molar refractivity (Wildman–Crippen MR) is 77.9 cm³/mol. The zero-order valence-electron chi connectivity index (χ0n) is 11.0. The van der Waals surface area contributed by atoms with Gasteiger partial charge in [0.1, 0.15) is 0 Å². The molecule has 1 heterocycles. The van der Waals surface area contributed by atoms with Crippen molar-refractivity contribution in [2.75, 3.05) is 24.8 Å². The Morgan fingerprint density at radius 2 is 2.35 bits per heavy atom. The number of nitrogens with zero attached hydrogens (tertiary/aromatic N) is 2. The summed E-state index contributed by atoms with van der Waals surface area (Å²) in [4.78, 5) is 12.0. The highest BCUT2D eigenvalue weighted by molar-refractivity contribution is 6.33. The highest BCUT2D eigenvalue weighted by atomic mass is 35.5. The Hall–Kier alpha value is -2.05. The number of aromatic nitrogens is 2. The van der Waals surface area contributed by atoms with Crippen LogP contribution in [0.15, 0.2) is 30.6 Å². The number of amides is 1. The van der Waals surface area contributed by atoms with Gasteiger partial charge in [-0.2, -0.15) is 5.10 Å². The third kappa shape index (κ3) is 3.49. The van der Waals surface area contributed by atoms with Crippen molar-refractivity contribution in [2.24, 2.45) is 0 Å². The number of anilines is 2. The van der Waals surface area contributed by atoms with Crippen LogP contribution in [-0.2, 0) is 11.3 Å². The number of halogens is 1. The Labute approximate surface area is 121 Å². The zero-order chi connectivity index (χ0) is 14.5. The highest BCUT2D eigenvalue weighted by Crippen LogP contribution is 2.20. The van der Waals surface area contributed by atoms with Crippen LogP contribution < -0.4 is 11.1 Å². The van der Waals surface area contributed by atoms with Crippen molar-refractivity contribution < 1.29 is 9.53 Å². The number of rotatable bonds is 5. The Kier molecular flexibility index (Phi) is 4.60. The topological polar surface area (TPSA) is 82.2 Å². The standard InChI is InChI=1S/C13H15ClN4O2/c1-20-5-4-18-8-10(7-16-18)17-13(19)9-2-3-12(15)11(14)6-9/h2-3,6-8H,4-5,15H2,1H3,(H,17,19). The lowest BCUT2D eigenvalue weighted by molar-refractivity contribution is 0.102. The molecule has 0 atom stereocenters. The van der Waals surface area contributed by atoms with Crippen LogP contribution in [0.4, 0.5) is 11.4 Å². The van der Waals surface area contributed by atoms with Crippen LogP contribution >= 0.6 is 11.6 Å². The minimum atomic E-state index is -0.266. The highest BCUT2D eigenvalue weighted by Gasteiger charge is 2.09. The summed E-state index contributed by atoms with van der Waals surface area (Å²) in [5.74, 6) is -0.266. The number of carbonyl (C=O) groups excluding carboxylic acids is 1. The maximum Gasteiger partial charge on any atom is 0.255 e. The van der Waals surface area contributed by atoms with Crippen molar-refractivity contribution in [1.82, 2.24) is 9.78 Å². The normalized spacial score (nSPS) is 10.5. The number of hydrogen-bond donors (Lipinski definition) is 2. The van der Waals surface area contributed by atoms with Gasteiger partial charge in [-0.1, -0.05) is 11.6 Å². The molecule has 0 bridgehead atoms. The number of nitrogens with one attached hydrogen (secondary N) is 1. The molecule has 7 heteroatoms. The number of ether oxygens (including phenoxy) is 1. The van der Waals surface area contributed by atoms with Gasteiger partial charge in [0.05, 0.1) is 35.7 Å². The minimum absolute atomic E-state index is 0.266. The Morgan fingerprint density at radius 3 is 3.05 bits per heavy atom.